The molecule has 0 saturated heterocycles. The van der Waals surface area contributed by atoms with Gasteiger partial charge in [0.1, 0.15) is 0 Å². The molecule has 25 heavy (non-hydrogen) atoms. The summed E-state index contributed by atoms with van der Waals surface area (Å²) < 4.78 is 104. The highest BCUT2D eigenvalue weighted by Gasteiger charge is 2.38. The Hall–Kier alpha value is -1.33. The van der Waals surface area contributed by atoms with Crippen LogP contribution in [-0.2, 0) is 22.4 Å². The summed E-state index contributed by atoms with van der Waals surface area (Å²) in [6.07, 6.45) is -7.91. The van der Waals surface area contributed by atoms with Crippen molar-refractivity contribution in [3.8, 4) is 0 Å². The molecule has 2 rings (SSSR count). The lowest BCUT2D eigenvalue weighted by atomic mass is 9.92. The first-order valence-electron chi connectivity index (χ1n) is 7.38. The van der Waals surface area contributed by atoms with Crippen molar-refractivity contribution in [3.05, 3.63) is 29.3 Å². The maximum atomic E-state index is 12.8. The number of sulfonamides is 1. The maximum Gasteiger partial charge on any atom is 0.416 e. The zero-order valence-corrected chi connectivity index (χ0v) is 13.6. The summed E-state index contributed by atoms with van der Waals surface area (Å²) in [5, 5.41) is 0. The molecule has 0 aliphatic heterocycles. The molecular weight excluding hydrogens is 374 g/mol. The summed E-state index contributed by atoms with van der Waals surface area (Å²) in [6.45, 7) is 0. The zero-order chi connectivity index (χ0) is 19.0. The van der Waals surface area contributed by atoms with E-state index in [0.717, 1.165) is 6.42 Å². The Labute approximate surface area is 140 Å². The lowest BCUT2D eigenvalue weighted by Crippen LogP contribution is -2.49. The van der Waals surface area contributed by atoms with Crippen LogP contribution < -0.4 is 10.5 Å². The summed E-state index contributed by atoms with van der Waals surface area (Å²) in [5.41, 5.74) is 2.41. The van der Waals surface area contributed by atoms with Crippen molar-refractivity contribution in [3.63, 3.8) is 0 Å². The molecule has 1 aliphatic carbocycles. The first-order chi connectivity index (χ1) is 11.3. The van der Waals surface area contributed by atoms with Crippen molar-refractivity contribution in [1.29, 1.82) is 0 Å². The smallest absolute Gasteiger partial charge is 0.326 e. The number of halogens is 6. The topological polar surface area (TPSA) is 72.2 Å². The SMILES string of the molecule is NC1CCCCC1NS(=O)(=O)c1cc(C(F)(F)F)cc(C(F)(F)F)c1. The molecule has 11 heteroatoms. The summed E-state index contributed by atoms with van der Waals surface area (Å²) in [4.78, 5) is -1.09. The first-order valence-corrected chi connectivity index (χ1v) is 8.86. The quantitative estimate of drug-likeness (QED) is 0.779. The maximum absolute atomic E-state index is 12.8. The molecule has 0 radical (unpaired) electrons. The van der Waals surface area contributed by atoms with E-state index in [2.05, 4.69) is 4.72 Å². The van der Waals surface area contributed by atoms with E-state index in [1.54, 1.807) is 0 Å². The number of alkyl halides is 6. The normalized spacial score (nSPS) is 22.8. The first kappa shape index (κ1) is 20.0. The van der Waals surface area contributed by atoms with E-state index >= 15 is 0 Å². The second-order valence-corrected chi connectivity index (χ2v) is 7.63. The van der Waals surface area contributed by atoms with Gasteiger partial charge in [-0.15, -0.1) is 0 Å². The van der Waals surface area contributed by atoms with Gasteiger partial charge in [-0.1, -0.05) is 12.8 Å². The van der Waals surface area contributed by atoms with E-state index in [1.807, 2.05) is 0 Å². The van der Waals surface area contributed by atoms with Crippen molar-refractivity contribution in [2.24, 2.45) is 5.73 Å². The van der Waals surface area contributed by atoms with Crippen LogP contribution >= 0.6 is 0 Å². The summed E-state index contributed by atoms with van der Waals surface area (Å²) in [7, 11) is -4.59. The largest absolute Gasteiger partial charge is 0.416 e. The van der Waals surface area contributed by atoms with Crippen molar-refractivity contribution in [2.45, 2.75) is 55.0 Å². The standard InChI is InChI=1S/C14H16F6N2O2S/c15-13(16,17)8-5-9(14(18,19)20)7-10(6-8)25(23,24)22-12-4-2-1-3-11(12)21/h5-7,11-12,22H,1-4,21H2. The minimum atomic E-state index is -5.12. The van der Waals surface area contributed by atoms with Gasteiger partial charge >= 0.3 is 12.4 Å². The number of hydrogen-bond acceptors (Lipinski definition) is 3. The van der Waals surface area contributed by atoms with Crippen LogP contribution in [0.2, 0.25) is 0 Å². The van der Waals surface area contributed by atoms with Gasteiger partial charge in [-0.05, 0) is 31.0 Å². The van der Waals surface area contributed by atoms with Gasteiger partial charge in [-0.3, -0.25) is 0 Å². The van der Waals surface area contributed by atoms with E-state index in [4.69, 9.17) is 5.73 Å². The molecule has 4 nitrogen and oxygen atoms in total. The highest BCUT2D eigenvalue weighted by Crippen LogP contribution is 2.37. The van der Waals surface area contributed by atoms with E-state index < -0.39 is 50.5 Å². The lowest BCUT2D eigenvalue weighted by molar-refractivity contribution is -0.143. The van der Waals surface area contributed by atoms with E-state index in [9.17, 15) is 34.8 Å². The van der Waals surface area contributed by atoms with E-state index in [-0.39, 0.29) is 18.2 Å². The molecule has 0 bridgehead atoms. The monoisotopic (exact) mass is 390 g/mol. The third-order valence-electron chi connectivity index (χ3n) is 4.00. The van der Waals surface area contributed by atoms with Crippen LogP contribution in [0.4, 0.5) is 26.3 Å². The van der Waals surface area contributed by atoms with Crippen LogP contribution in [0.1, 0.15) is 36.8 Å². The molecule has 0 heterocycles. The highest BCUT2D eigenvalue weighted by molar-refractivity contribution is 7.89. The Morgan fingerprint density at radius 1 is 0.920 bits per heavy atom. The Kier molecular flexibility index (Phi) is 5.41. The Balaban J connectivity index is 2.45. The lowest BCUT2D eigenvalue weighted by Gasteiger charge is -2.29. The minimum Gasteiger partial charge on any atom is -0.326 e. The van der Waals surface area contributed by atoms with Gasteiger partial charge < -0.3 is 5.73 Å². The molecule has 0 amide bonds. The third kappa shape index (κ3) is 4.85. The molecule has 1 saturated carbocycles. The van der Waals surface area contributed by atoms with Crippen molar-refractivity contribution < 1.29 is 34.8 Å². The number of nitrogens with two attached hydrogens (primary N) is 1. The predicted molar refractivity (Wildman–Crippen MR) is 77.0 cm³/mol. The van der Waals surface area contributed by atoms with Gasteiger partial charge in [0, 0.05) is 12.1 Å². The van der Waals surface area contributed by atoms with Crippen LogP contribution in [0.3, 0.4) is 0 Å². The molecule has 0 aromatic heterocycles. The van der Waals surface area contributed by atoms with Crippen LogP contribution in [0.25, 0.3) is 0 Å². The molecule has 1 aliphatic rings. The number of benzene rings is 1. The summed E-state index contributed by atoms with van der Waals surface area (Å²) >= 11 is 0. The van der Waals surface area contributed by atoms with Crippen molar-refractivity contribution in [1.82, 2.24) is 4.72 Å². The number of hydrogen-bond donors (Lipinski definition) is 2. The predicted octanol–water partition coefficient (Wildman–Crippen LogP) is 3.27. The number of nitrogens with one attached hydrogen (secondary N) is 1. The fourth-order valence-corrected chi connectivity index (χ4v) is 4.05. The minimum absolute atomic E-state index is 0.120. The van der Waals surface area contributed by atoms with Gasteiger partial charge in [0.05, 0.1) is 16.0 Å². The van der Waals surface area contributed by atoms with Gasteiger partial charge in [-0.25, -0.2) is 13.1 Å². The van der Waals surface area contributed by atoms with E-state index in [1.165, 1.54) is 0 Å². The molecule has 0 spiro atoms. The van der Waals surface area contributed by atoms with Crippen LogP contribution in [-0.4, -0.2) is 20.5 Å². The van der Waals surface area contributed by atoms with E-state index in [0.29, 0.717) is 19.3 Å². The summed E-state index contributed by atoms with van der Waals surface area (Å²) in [5.74, 6) is 0. The number of rotatable bonds is 3. The van der Waals surface area contributed by atoms with Crippen LogP contribution in [0, 0.1) is 0 Å². The Morgan fingerprint density at radius 2 is 1.40 bits per heavy atom. The second-order valence-electron chi connectivity index (χ2n) is 5.92. The molecule has 1 aromatic rings. The second kappa shape index (κ2) is 6.76. The van der Waals surface area contributed by atoms with Gasteiger partial charge in [0.25, 0.3) is 0 Å². The molecular formula is C14H16F6N2O2S. The molecule has 3 N–H and O–H groups in total. The average molecular weight is 390 g/mol. The van der Waals surface area contributed by atoms with Gasteiger partial charge in [-0.2, -0.15) is 26.3 Å². The molecule has 2 atom stereocenters. The molecule has 1 aromatic carbocycles. The average Bonchev–Trinajstić information content (AvgIpc) is 2.47. The molecule has 1 fully saturated rings. The molecule has 142 valence electrons. The van der Waals surface area contributed by atoms with Crippen LogP contribution in [0.15, 0.2) is 23.1 Å². The van der Waals surface area contributed by atoms with Crippen molar-refractivity contribution >= 4 is 10.0 Å². The summed E-state index contributed by atoms with van der Waals surface area (Å²) in [6, 6.07) is -1.03. The van der Waals surface area contributed by atoms with Crippen LogP contribution in [0.5, 0.6) is 0 Å². The molecule has 2 unspecified atom stereocenters. The fraction of sp³-hybridized carbons (Fsp3) is 0.571. The Bertz CT molecular complexity index is 698. The van der Waals surface area contributed by atoms with Gasteiger partial charge in [0.2, 0.25) is 10.0 Å². The van der Waals surface area contributed by atoms with Crippen molar-refractivity contribution in [2.75, 3.05) is 0 Å². The zero-order valence-electron chi connectivity index (χ0n) is 12.8. The third-order valence-corrected chi connectivity index (χ3v) is 5.47. The Morgan fingerprint density at radius 3 is 1.84 bits per heavy atom. The van der Waals surface area contributed by atoms with Gasteiger partial charge in [0.15, 0.2) is 0 Å². The fourth-order valence-electron chi connectivity index (χ4n) is 2.65. The highest BCUT2D eigenvalue weighted by atomic mass is 32.2.